The van der Waals surface area contributed by atoms with Crippen molar-refractivity contribution in [3.63, 3.8) is 0 Å². The molecule has 2 aliphatic rings. The fourth-order valence-corrected chi connectivity index (χ4v) is 4.94. The van der Waals surface area contributed by atoms with Crippen LogP contribution in [0.15, 0.2) is 91.0 Å². The molecule has 33 heavy (non-hydrogen) atoms. The highest BCUT2D eigenvalue weighted by Gasteiger charge is 2.58. The maximum atomic E-state index is 13.2. The van der Waals surface area contributed by atoms with Crippen molar-refractivity contribution >= 4 is 12.1 Å². The van der Waals surface area contributed by atoms with E-state index in [1.54, 1.807) is 9.80 Å². The molecule has 0 aromatic heterocycles. The van der Waals surface area contributed by atoms with E-state index in [1.165, 1.54) is 0 Å². The summed E-state index contributed by atoms with van der Waals surface area (Å²) in [6, 6.07) is 28.9. The Morgan fingerprint density at radius 3 is 2.03 bits per heavy atom. The molecule has 6 nitrogen and oxygen atoms in total. The summed E-state index contributed by atoms with van der Waals surface area (Å²) in [5.41, 5.74) is 1.87. The molecule has 0 saturated carbocycles. The van der Waals surface area contributed by atoms with Crippen molar-refractivity contribution in [1.82, 2.24) is 15.1 Å². The zero-order valence-electron chi connectivity index (χ0n) is 18.6. The molecule has 2 atom stereocenters. The van der Waals surface area contributed by atoms with Gasteiger partial charge in [-0.05, 0) is 12.5 Å². The molecule has 1 N–H and O–H groups in total. The molecule has 2 heterocycles. The number of hydrogen-bond donors (Lipinski definition) is 1. The Morgan fingerprint density at radius 2 is 1.45 bits per heavy atom. The minimum atomic E-state index is -0.983. The molecule has 0 radical (unpaired) electrons. The van der Waals surface area contributed by atoms with Gasteiger partial charge in [0.2, 0.25) is 0 Å². The molecular formula is C27H27N3O3. The third-order valence-corrected chi connectivity index (χ3v) is 6.66. The molecule has 2 fully saturated rings. The van der Waals surface area contributed by atoms with Gasteiger partial charge < -0.3 is 15.0 Å². The second-order valence-corrected chi connectivity index (χ2v) is 8.57. The van der Waals surface area contributed by atoms with Gasteiger partial charge in [0, 0.05) is 30.8 Å². The van der Waals surface area contributed by atoms with Crippen LogP contribution in [0.4, 0.5) is 9.59 Å². The fourth-order valence-electron chi connectivity index (χ4n) is 4.94. The van der Waals surface area contributed by atoms with E-state index in [-0.39, 0.29) is 24.2 Å². The number of rotatable bonds is 4. The molecule has 0 spiro atoms. The van der Waals surface area contributed by atoms with Gasteiger partial charge in [0.15, 0.2) is 5.60 Å². The highest BCUT2D eigenvalue weighted by molar-refractivity contribution is 5.77. The van der Waals surface area contributed by atoms with Crippen LogP contribution in [0.25, 0.3) is 0 Å². The van der Waals surface area contributed by atoms with Gasteiger partial charge in [-0.2, -0.15) is 0 Å². The standard InChI is InChI=1S/C27H27N3O3/c1-20(21-11-5-2-6-12-21)28-25(31)29-17-18-30-24(19-29)27(33-26(30)32,22-13-7-3-8-14-22)23-15-9-4-10-16-23/h2-16,20,24H,17-19H2,1H3,(H,28,31)/t20-,24?/m1/s1. The van der Waals surface area contributed by atoms with Crippen molar-refractivity contribution in [3.05, 3.63) is 108 Å². The topological polar surface area (TPSA) is 61.9 Å². The van der Waals surface area contributed by atoms with Crippen molar-refractivity contribution in [2.75, 3.05) is 19.6 Å². The van der Waals surface area contributed by atoms with E-state index in [1.807, 2.05) is 97.9 Å². The number of ether oxygens (including phenoxy) is 1. The van der Waals surface area contributed by atoms with Crippen LogP contribution in [-0.2, 0) is 10.3 Å². The molecule has 3 aromatic rings. The number of nitrogens with zero attached hydrogens (tertiary/aromatic N) is 2. The number of piperazine rings is 1. The van der Waals surface area contributed by atoms with E-state index in [0.29, 0.717) is 19.6 Å². The Hall–Kier alpha value is -3.80. The summed E-state index contributed by atoms with van der Waals surface area (Å²) in [7, 11) is 0. The summed E-state index contributed by atoms with van der Waals surface area (Å²) in [5, 5.41) is 3.11. The first-order valence-corrected chi connectivity index (χ1v) is 11.3. The van der Waals surface area contributed by atoms with Crippen molar-refractivity contribution < 1.29 is 14.3 Å². The predicted octanol–water partition coefficient (Wildman–Crippen LogP) is 4.54. The summed E-state index contributed by atoms with van der Waals surface area (Å²) in [6.07, 6.45) is -0.342. The number of urea groups is 1. The second-order valence-electron chi connectivity index (χ2n) is 8.57. The molecule has 2 saturated heterocycles. The van der Waals surface area contributed by atoms with Crippen molar-refractivity contribution in [2.45, 2.75) is 24.6 Å². The Balaban J connectivity index is 1.46. The predicted molar refractivity (Wildman–Crippen MR) is 126 cm³/mol. The molecule has 0 aliphatic carbocycles. The van der Waals surface area contributed by atoms with Gasteiger partial charge in [-0.1, -0.05) is 91.0 Å². The molecule has 3 aromatic carbocycles. The SMILES string of the molecule is C[C@@H](NC(=O)N1CCN2C(=O)OC(c3ccccc3)(c3ccccc3)C2C1)c1ccccc1. The first kappa shape index (κ1) is 21.1. The van der Waals surface area contributed by atoms with Crippen LogP contribution in [0, 0.1) is 0 Å². The molecule has 5 rings (SSSR count). The fraction of sp³-hybridized carbons (Fsp3) is 0.259. The first-order valence-electron chi connectivity index (χ1n) is 11.3. The third-order valence-electron chi connectivity index (χ3n) is 6.66. The normalized spacial score (nSPS) is 20.0. The molecule has 168 valence electrons. The number of hydrogen-bond acceptors (Lipinski definition) is 3. The average molecular weight is 442 g/mol. The highest BCUT2D eigenvalue weighted by Crippen LogP contribution is 2.45. The molecule has 0 bridgehead atoms. The number of nitrogens with one attached hydrogen (secondary N) is 1. The lowest BCUT2D eigenvalue weighted by Crippen LogP contribution is -2.60. The van der Waals surface area contributed by atoms with E-state index >= 15 is 0 Å². The summed E-state index contributed by atoms with van der Waals surface area (Å²) >= 11 is 0. The lowest BCUT2D eigenvalue weighted by atomic mass is 9.79. The lowest BCUT2D eigenvalue weighted by molar-refractivity contribution is 0.0509. The van der Waals surface area contributed by atoms with Gasteiger partial charge in [0.1, 0.15) is 6.04 Å². The van der Waals surface area contributed by atoms with Gasteiger partial charge >= 0.3 is 12.1 Å². The monoisotopic (exact) mass is 441 g/mol. The second kappa shape index (κ2) is 8.62. The van der Waals surface area contributed by atoms with Crippen molar-refractivity contribution in [2.24, 2.45) is 0 Å². The third kappa shape index (κ3) is 3.71. The summed E-state index contributed by atoms with van der Waals surface area (Å²) in [6.45, 7) is 3.24. The van der Waals surface area contributed by atoms with Gasteiger partial charge in [0.05, 0.1) is 6.04 Å². The van der Waals surface area contributed by atoms with Crippen molar-refractivity contribution in [3.8, 4) is 0 Å². The van der Waals surface area contributed by atoms with Crippen LogP contribution in [0.3, 0.4) is 0 Å². The zero-order chi connectivity index (χ0) is 22.8. The summed E-state index contributed by atoms with van der Waals surface area (Å²) in [4.78, 5) is 29.8. The maximum absolute atomic E-state index is 13.2. The maximum Gasteiger partial charge on any atom is 0.411 e. The van der Waals surface area contributed by atoms with Crippen molar-refractivity contribution in [1.29, 1.82) is 0 Å². The van der Waals surface area contributed by atoms with E-state index < -0.39 is 5.60 Å². The Morgan fingerprint density at radius 1 is 0.909 bits per heavy atom. The van der Waals surface area contributed by atoms with Gasteiger partial charge in [-0.15, -0.1) is 0 Å². The van der Waals surface area contributed by atoms with Crippen LogP contribution in [0.2, 0.25) is 0 Å². The molecular weight excluding hydrogens is 414 g/mol. The smallest absolute Gasteiger partial charge is 0.411 e. The number of fused-ring (bicyclic) bond motifs is 1. The van der Waals surface area contributed by atoms with Gasteiger partial charge in [-0.3, -0.25) is 4.90 Å². The Kier molecular flexibility index (Phi) is 5.50. The molecule has 3 amide bonds. The number of benzene rings is 3. The van der Waals surface area contributed by atoms with Gasteiger partial charge in [0.25, 0.3) is 0 Å². The summed E-state index contributed by atoms with van der Waals surface area (Å²) < 4.78 is 6.18. The first-order chi connectivity index (χ1) is 16.1. The average Bonchev–Trinajstić information content (AvgIpc) is 3.18. The molecule has 6 heteroatoms. The lowest BCUT2D eigenvalue weighted by Gasteiger charge is -2.42. The van der Waals surface area contributed by atoms with Crippen LogP contribution in [0.5, 0.6) is 0 Å². The van der Waals surface area contributed by atoms with Crippen LogP contribution in [0.1, 0.15) is 29.7 Å². The highest BCUT2D eigenvalue weighted by atomic mass is 16.6. The van der Waals surface area contributed by atoms with E-state index in [4.69, 9.17) is 4.74 Å². The zero-order valence-corrected chi connectivity index (χ0v) is 18.6. The van der Waals surface area contributed by atoms with Crippen LogP contribution >= 0.6 is 0 Å². The van der Waals surface area contributed by atoms with Crippen LogP contribution < -0.4 is 5.32 Å². The number of carbonyl (C=O) groups excluding carboxylic acids is 2. The number of carbonyl (C=O) groups is 2. The minimum absolute atomic E-state index is 0.119. The van der Waals surface area contributed by atoms with E-state index in [9.17, 15) is 9.59 Å². The Bertz CT molecular complexity index is 1080. The largest absolute Gasteiger partial charge is 0.431 e. The van der Waals surface area contributed by atoms with E-state index in [0.717, 1.165) is 16.7 Å². The quantitative estimate of drug-likeness (QED) is 0.647. The van der Waals surface area contributed by atoms with E-state index in [2.05, 4.69) is 5.32 Å². The number of amides is 3. The Labute approximate surface area is 193 Å². The summed E-state index contributed by atoms with van der Waals surface area (Å²) in [5.74, 6) is 0. The minimum Gasteiger partial charge on any atom is -0.431 e. The van der Waals surface area contributed by atoms with Gasteiger partial charge in [-0.25, -0.2) is 9.59 Å². The molecule has 2 aliphatic heterocycles. The number of cyclic esters (lactones) is 1. The van der Waals surface area contributed by atoms with Crippen LogP contribution in [-0.4, -0.2) is 47.6 Å². The molecule has 1 unspecified atom stereocenters.